The van der Waals surface area contributed by atoms with Gasteiger partial charge in [0.2, 0.25) is 0 Å². The molecular weight excluding hydrogens is 264 g/mol. The maximum absolute atomic E-state index is 10.2. The molecule has 21 heavy (non-hydrogen) atoms. The van der Waals surface area contributed by atoms with Gasteiger partial charge in [0, 0.05) is 0 Å². The van der Waals surface area contributed by atoms with Gasteiger partial charge in [-0.3, -0.25) is 0 Å². The topological polar surface area (TPSA) is 38.7 Å². The van der Waals surface area contributed by atoms with Crippen LogP contribution >= 0.6 is 0 Å². The fraction of sp³-hybridized carbons (Fsp3) is 0.333. The maximum Gasteiger partial charge on any atom is 0.122 e. The van der Waals surface area contributed by atoms with Crippen LogP contribution in [0, 0.1) is 0 Å². The number of hydrogen-bond donors (Lipinski definition) is 1. The summed E-state index contributed by atoms with van der Waals surface area (Å²) in [5, 5.41) is 10.2. The zero-order valence-electron chi connectivity index (χ0n) is 12.7. The summed E-state index contributed by atoms with van der Waals surface area (Å²) >= 11 is 0. The first kappa shape index (κ1) is 15.4. The molecule has 112 valence electrons. The molecule has 0 bridgehead atoms. The third-order valence-electron chi connectivity index (χ3n) is 3.44. The van der Waals surface area contributed by atoms with E-state index in [0.717, 1.165) is 22.6 Å². The van der Waals surface area contributed by atoms with Crippen molar-refractivity contribution in [3.8, 4) is 11.5 Å². The lowest BCUT2D eigenvalue weighted by Crippen LogP contribution is -2.10. The van der Waals surface area contributed by atoms with E-state index in [4.69, 9.17) is 9.47 Å². The number of rotatable bonds is 6. The molecule has 0 fully saturated rings. The van der Waals surface area contributed by atoms with Gasteiger partial charge in [0.05, 0.1) is 7.11 Å². The van der Waals surface area contributed by atoms with Crippen LogP contribution in [0.3, 0.4) is 0 Å². The smallest absolute Gasteiger partial charge is 0.122 e. The first-order valence-corrected chi connectivity index (χ1v) is 7.15. The summed E-state index contributed by atoms with van der Waals surface area (Å²) in [7, 11) is 1.62. The van der Waals surface area contributed by atoms with Crippen LogP contribution in [-0.2, 0) is 0 Å². The fourth-order valence-electron chi connectivity index (χ4n) is 2.18. The molecule has 0 aromatic heterocycles. The van der Waals surface area contributed by atoms with E-state index in [-0.39, 0.29) is 6.61 Å². The minimum atomic E-state index is -0.656. The van der Waals surface area contributed by atoms with Crippen molar-refractivity contribution in [1.29, 1.82) is 0 Å². The van der Waals surface area contributed by atoms with Crippen molar-refractivity contribution < 1.29 is 14.6 Å². The van der Waals surface area contributed by atoms with Crippen LogP contribution in [0.15, 0.2) is 48.5 Å². The first-order chi connectivity index (χ1) is 10.1. The zero-order valence-corrected chi connectivity index (χ0v) is 12.7. The Kier molecular flexibility index (Phi) is 5.23. The first-order valence-electron chi connectivity index (χ1n) is 7.15. The summed E-state index contributed by atoms with van der Waals surface area (Å²) in [5.41, 5.74) is 1.97. The molecule has 0 amide bonds. The number of benzene rings is 2. The van der Waals surface area contributed by atoms with Gasteiger partial charge in [-0.15, -0.1) is 0 Å². The van der Waals surface area contributed by atoms with Gasteiger partial charge in [0.25, 0.3) is 0 Å². The maximum atomic E-state index is 10.2. The molecule has 0 spiro atoms. The quantitative estimate of drug-likeness (QED) is 0.874. The molecule has 1 unspecified atom stereocenters. The van der Waals surface area contributed by atoms with Crippen molar-refractivity contribution in [2.75, 3.05) is 13.7 Å². The molecule has 0 aliphatic heterocycles. The summed E-state index contributed by atoms with van der Waals surface area (Å²) in [6.07, 6.45) is -0.656. The minimum absolute atomic E-state index is 0.232. The van der Waals surface area contributed by atoms with Gasteiger partial charge >= 0.3 is 0 Å². The molecule has 0 radical (unpaired) electrons. The Hall–Kier alpha value is -2.00. The summed E-state index contributed by atoms with van der Waals surface area (Å²) in [4.78, 5) is 0. The predicted molar refractivity (Wildman–Crippen MR) is 84.0 cm³/mol. The molecule has 0 aliphatic carbocycles. The van der Waals surface area contributed by atoms with Gasteiger partial charge in [0.15, 0.2) is 0 Å². The molecule has 0 saturated heterocycles. The predicted octanol–water partition coefficient (Wildman–Crippen LogP) is 3.93. The highest BCUT2D eigenvalue weighted by molar-refractivity contribution is 5.35. The normalized spacial score (nSPS) is 12.2. The Balaban J connectivity index is 2.02. The van der Waals surface area contributed by atoms with Crippen LogP contribution in [0.5, 0.6) is 11.5 Å². The van der Waals surface area contributed by atoms with Crippen LogP contribution in [0.2, 0.25) is 0 Å². The summed E-state index contributed by atoms with van der Waals surface area (Å²) in [6.45, 7) is 4.49. The fourth-order valence-corrected chi connectivity index (χ4v) is 2.18. The Morgan fingerprint density at radius 1 is 1.00 bits per heavy atom. The SMILES string of the molecule is COc1ccc(C(O)COc2ccccc2C(C)C)cc1. The van der Waals surface area contributed by atoms with E-state index in [0.29, 0.717) is 5.92 Å². The van der Waals surface area contributed by atoms with Crippen LogP contribution in [0.4, 0.5) is 0 Å². The van der Waals surface area contributed by atoms with Crippen molar-refractivity contribution in [2.45, 2.75) is 25.9 Å². The van der Waals surface area contributed by atoms with Gasteiger partial charge in [-0.2, -0.15) is 0 Å². The Labute approximate surface area is 126 Å². The second kappa shape index (κ2) is 7.14. The van der Waals surface area contributed by atoms with E-state index in [9.17, 15) is 5.11 Å². The van der Waals surface area contributed by atoms with Crippen LogP contribution < -0.4 is 9.47 Å². The number of para-hydroxylation sites is 1. The van der Waals surface area contributed by atoms with E-state index < -0.39 is 6.10 Å². The Morgan fingerprint density at radius 2 is 1.67 bits per heavy atom. The van der Waals surface area contributed by atoms with E-state index in [1.807, 2.05) is 42.5 Å². The molecule has 2 rings (SSSR count). The standard InChI is InChI=1S/C18H22O3/c1-13(2)16-6-4-5-7-18(16)21-12-17(19)14-8-10-15(20-3)11-9-14/h4-11,13,17,19H,12H2,1-3H3. The zero-order chi connectivity index (χ0) is 15.2. The molecule has 1 N–H and O–H groups in total. The average molecular weight is 286 g/mol. The number of methoxy groups -OCH3 is 1. The molecule has 0 heterocycles. The molecular formula is C18H22O3. The number of ether oxygens (including phenoxy) is 2. The number of aliphatic hydroxyl groups excluding tert-OH is 1. The third kappa shape index (κ3) is 3.99. The Morgan fingerprint density at radius 3 is 2.29 bits per heavy atom. The lowest BCUT2D eigenvalue weighted by atomic mass is 10.0. The van der Waals surface area contributed by atoms with Crippen LogP contribution in [0.1, 0.15) is 37.0 Å². The van der Waals surface area contributed by atoms with Crippen molar-refractivity contribution in [1.82, 2.24) is 0 Å². The van der Waals surface area contributed by atoms with Crippen LogP contribution in [-0.4, -0.2) is 18.8 Å². The lowest BCUT2D eigenvalue weighted by molar-refractivity contribution is 0.107. The van der Waals surface area contributed by atoms with Gasteiger partial charge in [0.1, 0.15) is 24.2 Å². The van der Waals surface area contributed by atoms with E-state index in [2.05, 4.69) is 19.9 Å². The van der Waals surface area contributed by atoms with Crippen LogP contribution in [0.25, 0.3) is 0 Å². The molecule has 1 atom stereocenters. The van der Waals surface area contributed by atoms with E-state index in [1.54, 1.807) is 7.11 Å². The molecule has 0 saturated carbocycles. The minimum Gasteiger partial charge on any atom is -0.497 e. The molecule has 2 aromatic rings. The van der Waals surface area contributed by atoms with Gasteiger partial charge < -0.3 is 14.6 Å². The highest BCUT2D eigenvalue weighted by Crippen LogP contribution is 2.27. The highest BCUT2D eigenvalue weighted by Gasteiger charge is 2.11. The lowest BCUT2D eigenvalue weighted by Gasteiger charge is -2.17. The number of aliphatic hydroxyl groups is 1. The largest absolute Gasteiger partial charge is 0.497 e. The van der Waals surface area contributed by atoms with Crippen molar-refractivity contribution in [3.63, 3.8) is 0 Å². The van der Waals surface area contributed by atoms with Crippen molar-refractivity contribution in [3.05, 3.63) is 59.7 Å². The summed E-state index contributed by atoms with van der Waals surface area (Å²) in [5.74, 6) is 2.00. The van der Waals surface area contributed by atoms with Gasteiger partial charge in [-0.05, 0) is 35.2 Å². The molecule has 2 aromatic carbocycles. The average Bonchev–Trinajstić information content (AvgIpc) is 2.52. The molecule has 0 aliphatic rings. The second-order valence-electron chi connectivity index (χ2n) is 5.29. The van der Waals surface area contributed by atoms with Crippen molar-refractivity contribution >= 4 is 0 Å². The summed E-state index contributed by atoms with van der Waals surface area (Å²) in [6, 6.07) is 15.3. The molecule has 3 nitrogen and oxygen atoms in total. The highest BCUT2D eigenvalue weighted by atomic mass is 16.5. The van der Waals surface area contributed by atoms with E-state index in [1.165, 1.54) is 0 Å². The van der Waals surface area contributed by atoms with Gasteiger partial charge in [-0.25, -0.2) is 0 Å². The number of hydrogen-bond acceptors (Lipinski definition) is 3. The third-order valence-corrected chi connectivity index (χ3v) is 3.44. The van der Waals surface area contributed by atoms with Crippen molar-refractivity contribution in [2.24, 2.45) is 0 Å². The summed E-state index contributed by atoms with van der Waals surface area (Å²) < 4.78 is 10.9. The monoisotopic (exact) mass is 286 g/mol. The Bertz CT molecular complexity index is 561. The second-order valence-corrected chi connectivity index (χ2v) is 5.29. The molecule has 3 heteroatoms. The van der Waals surface area contributed by atoms with Gasteiger partial charge in [-0.1, -0.05) is 44.2 Å². The van der Waals surface area contributed by atoms with E-state index >= 15 is 0 Å².